The maximum Gasteiger partial charge on any atom is 0.253 e. The Labute approximate surface area is 183 Å². The molecule has 0 saturated carbocycles. The van der Waals surface area contributed by atoms with E-state index in [2.05, 4.69) is 29.4 Å². The van der Waals surface area contributed by atoms with Gasteiger partial charge < -0.3 is 15.5 Å². The van der Waals surface area contributed by atoms with E-state index >= 15 is 0 Å². The topological polar surface area (TPSA) is 60.0 Å². The predicted octanol–water partition coefficient (Wildman–Crippen LogP) is 3.49. The van der Waals surface area contributed by atoms with Crippen LogP contribution in [0.2, 0.25) is 0 Å². The average molecular weight is 416 g/mol. The smallest absolute Gasteiger partial charge is 0.253 e. The van der Waals surface area contributed by atoms with Crippen molar-refractivity contribution in [1.82, 2.24) is 20.4 Å². The maximum absolute atomic E-state index is 12.4. The molecule has 0 bridgehead atoms. The number of rotatable bonds is 10. The van der Waals surface area contributed by atoms with Crippen molar-refractivity contribution in [2.75, 3.05) is 39.3 Å². The van der Waals surface area contributed by atoms with Crippen molar-refractivity contribution < 1.29 is 4.79 Å². The standard InChI is InChI=1S/C24H41N5O/c1-5-22-11-9-10-17-29(22)18-16-26-24(25-6-2)27-19-20-12-14-21(15-13-20)23(30)28(7-3)8-4/h12-15,22H,5-11,16-19H2,1-4H3,(H2,25,26,27). The first-order valence-corrected chi connectivity index (χ1v) is 11.8. The van der Waals surface area contributed by atoms with Gasteiger partial charge in [0.1, 0.15) is 0 Å². The first-order valence-electron chi connectivity index (χ1n) is 11.8. The van der Waals surface area contributed by atoms with E-state index in [0.717, 1.165) is 55.9 Å². The van der Waals surface area contributed by atoms with Crippen molar-refractivity contribution in [3.05, 3.63) is 35.4 Å². The fraction of sp³-hybridized carbons (Fsp3) is 0.667. The van der Waals surface area contributed by atoms with E-state index in [-0.39, 0.29) is 5.91 Å². The van der Waals surface area contributed by atoms with E-state index in [4.69, 9.17) is 4.99 Å². The highest BCUT2D eigenvalue weighted by Crippen LogP contribution is 2.18. The van der Waals surface area contributed by atoms with E-state index in [0.29, 0.717) is 6.54 Å². The van der Waals surface area contributed by atoms with E-state index in [1.54, 1.807) is 0 Å². The molecule has 1 aromatic carbocycles. The number of likely N-dealkylation sites (tertiary alicyclic amines) is 1. The number of benzene rings is 1. The summed E-state index contributed by atoms with van der Waals surface area (Å²) in [5.74, 6) is 0.944. The molecule has 1 fully saturated rings. The van der Waals surface area contributed by atoms with Crippen LogP contribution >= 0.6 is 0 Å². The molecule has 6 nitrogen and oxygen atoms in total. The summed E-state index contributed by atoms with van der Waals surface area (Å²) in [6, 6.07) is 8.56. The molecule has 30 heavy (non-hydrogen) atoms. The van der Waals surface area contributed by atoms with Gasteiger partial charge in [-0.1, -0.05) is 25.5 Å². The number of nitrogens with zero attached hydrogens (tertiary/aromatic N) is 3. The summed E-state index contributed by atoms with van der Waals surface area (Å²) in [7, 11) is 0. The number of aliphatic imine (C=N–C) groups is 1. The molecule has 1 heterocycles. The van der Waals surface area contributed by atoms with E-state index in [1.807, 2.05) is 43.0 Å². The quantitative estimate of drug-likeness (QED) is 0.454. The summed E-state index contributed by atoms with van der Waals surface area (Å²) in [5.41, 5.74) is 1.84. The van der Waals surface area contributed by atoms with Crippen LogP contribution in [0.1, 0.15) is 69.3 Å². The number of carbonyl (C=O) groups is 1. The molecule has 1 aliphatic heterocycles. The van der Waals surface area contributed by atoms with Crippen LogP contribution in [0.3, 0.4) is 0 Å². The Bertz CT molecular complexity index is 654. The van der Waals surface area contributed by atoms with Crippen LogP contribution in [0.5, 0.6) is 0 Å². The number of piperidine rings is 1. The highest BCUT2D eigenvalue weighted by atomic mass is 16.2. The predicted molar refractivity (Wildman–Crippen MR) is 126 cm³/mol. The molecule has 1 aromatic rings. The highest BCUT2D eigenvalue weighted by molar-refractivity contribution is 5.94. The van der Waals surface area contributed by atoms with Crippen molar-refractivity contribution in [3.63, 3.8) is 0 Å². The van der Waals surface area contributed by atoms with E-state index < -0.39 is 0 Å². The summed E-state index contributed by atoms with van der Waals surface area (Å²) in [6.07, 6.45) is 5.25. The van der Waals surface area contributed by atoms with Crippen LogP contribution in [-0.4, -0.2) is 67.0 Å². The molecule has 0 aromatic heterocycles. The van der Waals surface area contributed by atoms with Crippen molar-refractivity contribution in [2.24, 2.45) is 4.99 Å². The van der Waals surface area contributed by atoms with E-state index in [9.17, 15) is 4.79 Å². The lowest BCUT2D eigenvalue weighted by Gasteiger charge is -2.35. The Morgan fingerprint density at radius 3 is 2.47 bits per heavy atom. The number of guanidine groups is 1. The fourth-order valence-electron chi connectivity index (χ4n) is 4.09. The minimum Gasteiger partial charge on any atom is -0.357 e. The molecule has 0 aliphatic carbocycles. The number of hydrogen-bond donors (Lipinski definition) is 2. The Balaban J connectivity index is 1.88. The van der Waals surface area contributed by atoms with Gasteiger partial charge in [0.2, 0.25) is 0 Å². The highest BCUT2D eigenvalue weighted by Gasteiger charge is 2.20. The summed E-state index contributed by atoms with van der Waals surface area (Å²) in [5, 5.41) is 6.81. The van der Waals surface area contributed by atoms with Crippen molar-refractivity contribution in [2.45, 2.75) is 66.0 Å². The van der Waals surface area contributed by atoms with Crippen LogP contribution < -0.4 is 10.6 Å². The van der Waals surface area contributed by atoms with Gasteiger partial charge in [0.25, 0.3) is 5.91 Å². The number of hydrogen-bond acceptors (Lipinski definition) is 3. The zero-order valence-electron chi connectivity index (χ0n) is 19.4. The lowest BCUT2D eigenvalue weighted by molar-refractivity contribution is 0.0773. The molecule has 1 amide bonds. The lowest BCUT2D eigenvalue weighted by atomic mass is 10.0. The van der Waals surface area contributed by atoms with Crippen LogP contribution in [0.15, 0.2) is 29.3 Å². The molecule has 0 radical (unpaired) electrons. The van der Waals surface area contributed by atoms with Gasteiger partial charge in [-0.2, -0.15) is 0 Å². The summed E-state index contributed by atoms with van der Waals surface area (Å²) >= 11 is 0. The number of amides is 1. The minimum absolute atomic E-state index is 0.0909. The van der Waals surface area contributed by atoms with E-state index in [1.165, 1.54) is 32.2 Å². The third-order valence-corrected chi connectivity index (χ3v) is 5.93. The molecule has 2 rings (SSSR count). The molecule has 6 heteroatoms. The van der Waals surface area contributed by atoms with Gasteiger partial charge in [-0.25, -0.2) is 4.99 Å². The van der Waals surface area contributed by atoms with Gasteiger partial charge in [-0.15, -0.1) is 0 Å². The fourth-order valence-corrected chi connectivity index (χ4v) is 4.09. The SMILES string of the molecule is CCNC(=NCc1ccc(C(=O)N(CC)CC)cc1)NCCN1CCCCC1CC. The Kier molecular flexibility index (Phi) is 10.7. The Hall–Kier alpha value is -2.08. The largest absolute Gasteiger partial charge is 0.357 e. The number of nitrogens with one attached hydrogen (secondary N) is 2. The third-order valence-electron chi connectivity index (χ3n) is 5.93. The van der Waals surface area contributed by atoms with Gasteiger partial charge in [-0.05, 0) is 64.3 Å². The van der Waals surface area contributed by atoms with Crippen LogP contribution in [0, 0.1) is 0 Å². The molecule has 1 saturated heterocycles. The average Bonchev–Trinajstić information content (AvgIpc) is 2.78. The Morgan fingerprint density at radius 2 is 1.83 bits per heavy atom. The second-order valence-corrected chi connectivity index (χ2v) is 7.89. The molecule has 168 valence electrons. The third kappa shape index (κ3) is 7.31. The molecule has 1 unspecified atom stereocenters. The first-order chi connectivity index (χ1) is 14.6. The van der Waals surface area contributed by atoms with Gasteiger partial charge in [-0.3, -0.25) is 9.69 Å². The molecule has 1 atom stereocenters. The van der Waals surface area contributed by atoms with Crippen molar-refractivity contribution in [1.29, 1.82) is 0 Å². The van der Waals surface area contributed by atoms with Gasteiger partial charge >= 0.3 is 0 Å². The van der Waals surface area contributed by atoms with Gasteiger partial charge in [0.05, 0.1) is 6.54 Å². The zero-order chi connectivity index (χ0) is 21.8. The van der Waals surface area contributed by atoms with Gasteiger partial charge in [0.15, 0.2) is 5.96 Å². The number of carbonyl (C=O) groups excluding carboxylic acids is 1. The van der Waals surface area contributed by atoms with Crippen LogP contribution in [0.25, 0.3) is 0 Å². The minimum atomic E-state index is 0.0909. The normalized spacial score (nSPS) is 17.6. The second-order valence-electron chi connectivity index (χ2n) is 7.89. The first kappa shape index (κ1) is 24.2. The molecule has 2 N–H and O–H groups in total. The molecule has 0 spiro atoms. The molecular weight excluding hydrogens is 374 g/mol. The van der Waals surface area contributed by atoms with Crippen LogP contribution in [0.4, 0.5) is 0 Å². The molecule has 1 aliphatic rings. The lowest BCUT2D eigenvalue weighted by Crippen LogP contribution is -2.45. The van der Waals surface area contributed by atoms with Crippen LogP contribution in [-0.2, 0) is 6.54 Å². The van der Waals surface area contributed by atoms with Crippen molar-refractivity contribution in [3.8, 4) is 0 Å². The summed E-state index contributed by atoms with van der Waals surface area (Å²) in [4.78, 5) is 21.6. The zero-order valence-corrected chi connectivity index (χ0v) is 19.4. The summed E-state index contributed by atoms with van der Waals surface area (Å²) in [6.45, 7) is 14.5. The van der Waals surface area contributed by atoms with Gasteiger partial charge in [0, 0.05) is 44.3 Å². The molecular formula is C24H41N5O. The second kappa shape index (κ2) is 13.3. The Morgan fingerprint density at radius 1 is 1.10 bits per heavy atom. The van der Waals surface area contributed by atoms with Crippen molar-refractivity contribution >= 4 is 11.9 Å². The summed E-state index contributed by atoms with van der Waals surface area (Å²) < 4.78 is 0. The monoisotopic (exact) mass is 415 g/mol. The maximum atomic E-state index is 12.4.